The molecule has 1 aliphatic rings. The van der Waals surface area contributed by atoms with Crippen molar-refractivity contribution in [1.29, 1.82) is 0 Å². The van der Waals surface area contributed by atoms with Gasteiger partial charge in [-0.3, -0.25) is 19.7 Å². The quantitative estimate of drug-likeness (QED) is 0.312. The predicted octanol–water partition coefficient (Wildman–Crippen LogP) is 3.94. The SMILES string of the molecule is COC(=O)c1sc(NC(=O)c2cccc(NC3=C(Cl)C(=O)N(c4cc(OC)ccc4OC)C3=O)c2)nc1C. The zero-order chi connectivity index (χ0) is 27.6. The lowest BCUT2D eigenvalue weighted by Gasteiger charge is -2.19. The molecule has 11 nitrogen and oxygen atoms in total. The monoisotopic (exact) mass is 556 g/mol. The molecule has 196 valence electrons. The van der Waals surface area contributed by atoms with Crippen LogP contribution in [0.1, 0.15) is 25.7 Å². The smallest absolute Gasteiger partial charge is 0.350 e. The molecule has 0 spiro atoms. The van der Waals surface area contributed by atoms with Gasteiger partial charge in [0.1, 0.15) is 27.1 Å². The maximum atomic E-state index is 13.3. The first-order valence-corrected chi connectivity index (χ1v) is 12.1. The number of aryl methyl sites for hydroxylation is 1. The van der Waals surface area contributed by atoms with Crippen LogP contribution < -0.4 is 25.0 Å². The van der Waals surface area contributed by atoms with Crippen LogP contribution in [0.25, 0.3) is 0 Å². The molecule has 0 saturated carbocycles. The fraction of sp³-hybridized carbons (Fsp3) is 0.160. The molecule has 0 unspecified atom stereocenters. The topological polar surface area (TPSA) is 136 Å². The Morgan fingerprint density at radius 2 is 1.79 bits per heavy atom. The van der Waals surface area contributed by atoms with E-state index in [1.807, 2.05) is 0 Å². The van der Waals surface area contributed by atoms with Crippen molar-refractivity contribution in [3.8, 4) is 11.5 Å². The number of nitrogens with zero attached hydrogens (tertiary/aromatic N) is 2. The molecule has 13 heteroatoms. The summed E-state index contributed by atoms with van der Waals surface area (Å²) in [7, 11) is 4.12. The maximum absolute atomic E-state index is 13.3. The Morgan fingerprint density at radius 3 is 2.47 bits per heavy atom. The van der Waals surface area contributed by atoms with E-state index < -0.39 is 23.7 Å². The van der Waals surface area contributed by atoms with E-state index in [9.17, 15) is 19.2 Å². The van der Waals surface area contributed by atoms with Crippen LogP contribution in [0.5, 0.6) is 11.5 Å². The molecule has 0 aliphatic carbocycles. The molecule has 3 amide bonds. The number of hydrogen-bond donors (Lipinski definition) is 2. The van der Waals surface area contributed by atoms with E-state index in [-0.39, 0.29) is 37.7 Å². The lowest BCUT2D eigenvalue weighted by Crippen LogP contribution is -2.32. The van der Waals surface area contributed by atoms with Gasteiger partial charge in [-0.25, -0.2) is 14.7 Å². The zero-order valence-electron chi connectivity index (χ0n) is 20.6. The number of ether oxygens (including phenoxy) is 3. The van der Waals surface area contributed by atoms with Gasteiger partial charge in [-0.05, 0) is 37.3 Å². The molecule has 0 saturated heterocycles. The number of nitrogens with one attached hydrogen (secondary N) is 2. The second kappa shape index (κ2) is 10.9. The van der Waals surface area contributed by atoms with Gasteiger partial charge in [-0.1, -0.05) is 29.0 Å². The van der Waals surface area contributed by atoms with Gasteiger partial charge in [0, 0.05) is 17.3 Å². The van der Waals surface area contributed by atoms with Crippen LogP contribution >= 0.6 is 22.9 Å². The lowest BCUT2D eigenvalue weighted by atomic mass is 10.2. The molecule has 0 bridgehead atoms. The zero-order valence-corrected chi connectivity index (χ0v) is 22.2. The number of rotatable bonds is 8. The molecule has 0 radical (unpaired) electrons. The summed E-state index contributed by atoms with van der Waals surface area (Å²) in [5.41, 5.74) is 0.974. The van der Waals surface area contributed by atoms with E-state index in [0.29, 0.717) is 17.1 Å². The van der Waals surface area contributed by atoms with Crippen LogP contribution in [-0.2, 0) is 14.3 Å². The van der Waals surface area contributed by atoms with E-state index in [2.05, 4.69) is 15.6 Å². The first-order chi connectivity index (χ1) is 18.2. The third kappa shape index (κ3) is 5.04. The second-order valence-electron chi connectivity index (χ2n) is 7.76. The number of carbonyl (C=O) groups excluding carboxylic acids is 4. The van der Waals surface area contributed by atoms with E-state index in [4.69, 9.17) is 25.8 Å². The van der Waals surface area contributed by atoms with Gasteiger partial charge in [-0.2, -0.15) is 0 Å². The van der Waals surface area contributed by atoms with Crippen LogP contribution in [0, 0.1) is 6.92 Å². The van der Waals surface area contributed by atoms with Crippen molar-refractivity contribution in [3.05, 3.63) is 69.3 Å². The minimum absolute atomic E-state index is 0.162. The number of amides is 3. The highest BCUT2D eigenvalue weighted by Crippen LogP contribution is 2.38. The first kappa shape index (κ1) is 26.6. The standard InChI is InChI=1S/C25H21ClN4O7S/c1-12-20(24(34)37-4)38-25(27-12)29-21(31)13-6-5-7-14(10-13)28-19-18(26)22(32)30(23(19)33)16-11-15(35-2)8-9-17(16)36-3/h5-11,28H,1-4H3,(H,27,29,31). The predicted molar refractivity (Wildman–Crippen MR) is 141 cm³/mol. The number of esters is 1. The first-order valence-electron chi connectivity index (χ1n) is 10.9. The maximum Gasteiger partial charge on any atom is 0.350 e. The van der Waals surface area contributed by atoms with Crippen molar-refractivity contribution < 1.29 is 33.4 Å². The highest BCUT2D eigenvalue weighted by molar-refractivity contribution is 7.17. The van der Waals surface area contributed by atoms with Crippen molar-refractivity contribution in [1.82, 2.24) is 4.98 Å². The number of imide groups is 1. The second-order valence-corrected chi connectivity index (χ2v) is 9.13. The van der Waals surface area contributed by atoms with Gasteiger partial charge in [0.2, 0.25) is 0 Å². The summed E-state index contributed by atoms with van der Waals surface area (Å²) < 4.78 is 15.2. The van der Waals surface area contributed by atoms with Crippen LogP contribution in [0.4, 0.5) is 16.5 Å². The van der Waals surface area contributed by atoms with Crippen LogP contribution in [0.3, 0.4) is 0 Å². The summed E-state index contributed by atoms with van der Waals surface area (Å²) in [6.07, 6.45) is 0. The number of benzene rings is 2. The van der Waals surface area contributed by atoms with Crippen molar-refractivity contribution >= 4 is 63.1 Å². The summed E-state index contributed by atoms with van der Waals surface area (Å²) in [6.45, 7) is 1.63. The van der Waals surface area contributed by atoms with Gasteiger partial charge in [0.25, 0.3) is 17.7 Å². The third-order valence-electron chi connectivity index (χ3n) is 5.44. The number of anilines is 3. The Labute approximate surface area is 226 Å². The molecule has 2 aromatic carbocycles. The fourth-order valence-corrected chi connectivity index (χ4v) is 4.68. The normalized spacial score (nSPS) is 13.0. The molecule has 0 fully saturated rings. The summed E-state index contributed by atoms with van der Waals surface area (Å²) in [5, 5.41) is 5.37. The number of halogens is 1. The minimum atomic E-state index is -0.750. The van der Waals surface area contributed by atoms with E-state index in [1.165, 1.54) is 33.5 Å². The van der Waals surface area contributed by atoms with Gasteiger partial charge in [-0.15, -0.1) is 0 Å². The molecule has 2 N–H and O–H groups in total. The largest absolute Gasteiger partial charge is 0.497 e. The Balaban J connectivity index is 1.55. The number of methoxy groups -OCH3 is 3. The van der Waals surface area contributed by atoms with Crippen molar-refractivity contribution in [2.45, 2.75) is 6.92 Å². The number of hydrogen-bond acceptors (Lipinski definition) is 10. The van der Waals surface area contributed by atoms with Gasteiger partial charge < -0.3 is 19.5 Å². The summed E-state index contributed by atoms with van der Waals surface area (Å²) in [4.78, 5) is 56.2. The van der Waals surface area contributed by atoms with Crippen LogP contribution in [0.15, 0.2) is 53.2 Å². The molecular weight excluding hydrogens is 536 g/mol. The Hall–Kier alpha value is -4.42. The molecule has 1 aliphatic heterocycles. The Kier molecular flexibility index (Phi) is 7.65. The van der Waals surface area contributed by atoms with Gasteiger partial charge in [0.15, 0.2) is 5.13 Å². The summed E-state index contributed by atoms with van der Waals surface area (Å²) in [5.74, 6) is -1.84. The van der Waals surface area contributed by atoms with Crippen LogP contribution in [-0.4, -0.2) is 50.0 Å². The molecule has 38 heavy (non-hydrogen) atoms. The number of thiazole rings is 1. The van der Waals surface area contributed by atoms with Gasteiger partial charge in [0.05, 0.1) is 32.7 Å². The minimum Gasteiger partial charge on any atom is -0.497 e. The average Bonchev–Trinajstić information content (AvgIpc) is 3.39. The Bertz CT molecular complexity index is 1500. The third-order valence-corrected chi connectivity index (χ3v) is 6.84. The van der Waals surface area contributed by atoms with Crippen molar-refractivity contribution in [3.63, 3.8) is 0 Å². The van der Waals surface area contributed by atoms with E-state index >= 15 is 0 Å². The van der Waals surface area contributed by atoms with Crippen LogP contribution in [0.2, 0.25) is 0 Å². The lowest BCUT2D eigenvalue weighted by molar-refractivity contribution is -0.120. The number of aromatic nitrogens is 1. The highest BCUT2D eigenvalue weighted by atomic mass is 35.5. The molecule has 1 aromatic heterocycles. The molecule has 4 rings (SSSR count). The molecule has 3 aromatic rings. The average molecular weight is 557 g/mol. The molecule has 2 heterocycles. The Morgan fingerprint density at radius 1 is 1.03 bits per heavy atom. The highest BCUT2D eigenvalue weighted by Gasteiger charge is 2.40. The fourth-order valence-electron chi connectivity index (χ4n) is 3.59. The molecule has 0 atom stereocenters. The van der Waals surface area contributed by atoms with E-state index in [0.717, 1.165) is 16.2 Å². The summed E-state index contributed by atoms with van der Waals surface area (Å²) >= 11 is 7.25. The van der Waals surface area contributed by atoms with Crippen molar-refractivity contribution in [2.75, 3.05) is 36.9 Å². The van der Waals surface area contributed by atoms with Gasteiger partial charge >= 0.3 is 5.97 Å². The number of carbonyl (C=O) groups is 4. The van der Waals surface area contributed by atoms with Crippen molar-refractivity contribution in [2.24, 2.45) is 0 Å². The summed E-state index contributed by atoms with van der Waals surface area (Å²) in [6, 6.07) is 10.9. The van der Waals surface area contributed by atoms with E-state index in [1.54, 1.807) is 37.3 Å². The molecular formula is C25H21ClN4O7S.